The molecule has 0 spiro atoms. The van der Waals surface area contributed by atoms with E-state index in [1.54, 1.807) is 0 Å². The summed E-state index contributed by atoms with van der Waals surface area (Å²) in [5.41, 5.74) is 11.2. The van der Waals surface area contributed by atoms with Crippen molar-refractivity contribution >= 4 is 49.4 Å². The van der Waals surface area contributed by atoms with Gasteiger partial charge in [-0.2, -0.15) is 0 Å². The number of carbonyl (C=O) groups is 1. The average molecular weight is 667 g/mol. The lowest BCUT2D eigenvalue weighted by atomic mass is 10.1. The van der Waals surface area contributed by atoms with Gasteiger partial charge in [-0.25, -0.2) is 19.9 Å². The van der Waals surface area contributed by atoms with Gasteiger partial charge in [0.05, 0.1) is 19.5 Å². The maximum absolute atomic E-state index is 12.6. The van der Waals surface area contributed by atoms with Crippen molar-refractivity contribution in [3.63, 3.8) is 0 Å². The molecule has 236 valence electrons. The van der Waals surface area contributed by atoms with E-state index in [1.165, 1.54) is 16.3 Å². The highest BCUT2D eigenvalue weighted by atomic mass is 32.1. The van der Waals surface area contributed by atoms with Crippen molar-refractivity contribution in [3.05, 3.63) is 28.7 Å². The van der Waals surface area contributed by atoms with Crippen LogP contribution in [0.3, 0.4) is 0 Å². The molecular weight excluding hydrogens is 640 g/mol. The SMILES string of the molecule is NC(=O)c1csc([C@@H]2O[C@H](COP(=O)(O)CP(=O)(O)OC[C@@H]3O[C@H](n4cnc5c(N)ncnc54)[C@H](O)[C@@H]3O)[C@@H](O)[C@H]2O)n1. The third-order valence-corrected chi connectivity index (χ3v) is 11.5. The van der Waals surface area contributed by atoms with E-state index in [1.807, 2.05) is 0 Å². The zero-order valence-corrected chi connectivity index (χ0v) is 24.3. The van der Waals surface area contributed by atoms with E-state index in [9.17, 15) is 44.1 Å². The molecule has 3 aromatic rings. The van der Waals surface area contributed by atoms with Crippen LogP contribution in [0.15, 0.2) is 18.0 Å². The number of nitrogens with zero attached hydrogens (tertiary/aromatic N) is 5. The fraction of sp³-hybridized carbons (Fsp3) is 0.550. The van der Waals surface area contributed by atoms with E-state index >= 15 is 0 Å². The number of aromatic nitrogens is 5. The quantitative estimate of drug-likeness (QED) is 0.101. The Bertz CT molecular complexity index is 1590. The Morgan fingerprint density at radius 3 is 2.23 bits per heavy atom. The van der Waals surface area contributed by atoms with E-state index < -0.39 is 89.2 Å². The van der Waals surface area contributed by atoms with Crippen LogP contribution in [0.25, 0.3) is 11.2 Å². The maximum atomic E-state index is 12.6. The van der Waals surface area contributed by atoms with Crippen molar-refractivity contribution in [1.29, 1.82) is 0 Å². The number of anilines is 1. The van der Waals surface area contributed by atoms with Crippen LogP contribution in [0.2, 0.25) is 0 Å². The van der Waals surface area contributed by atoms with Crippen molar-refractivity contribution in [2.75, 3.05) is 24.9 Å². The first-order valence-corrected chi connectivity index (χ1v) is 16.7. The lowest BCUT2D eigenvalue weighted by molar-refractivity contribution is -0.0484. The predicted molar refractivity (Wildman–Crippen MR) is 142 cm³/mol. The number of aliphatic hydroxyl groups excluding tert-OH is 4. The molecule has 0 aromatic carbocycles. The Kier molecular flexibility index (Phi) is 9.00. The highest BCUT2D eigenvalue weighted by Crippen LogP contribution is 2.58. The molecule has 2 unspecified atom stereocenters. The third kappa shape index (κ3) is 6.64. The molecule has 5 rings (SSSR count). The number of fused-ring (bicyclic) bond motifs is 1. The van der Waals surface area contributed by atoms with Crippen LogP contribution in [-0.4, -0.2) is 116 Å². The van der Waals surface area contributed by atoms with Crippen molar-refractivity contribution in [2.45, 2.75) is 49.0 Å². The number of amides is 1. The fourth-order valence-corrected chi connectivity index (χ4v) is 8.56. The third-order valence-electron chi connectivity index (χ3n) is 6.62. The summed E-state index contributed by atoms with van der Waals surface area (Å²) in [5, 5.41) is 43.0. The van der Waals surface area contributed by atoms with Crippen molar-refractivity contribution in [2.24, 2.45) is 5.73 Å². The minimum Gasteiger partial charge on any atom is -0.387 e. The molecule has 5 heterocycles. The normalized spacial score (nSPS) is 32.1. The van der Waals surface area contributed by atoms with Gasteiger partial charge in [0.1, 0.15) is 65.3 Å². The second kappa shape index (κ2) is 12.1. The molecule has 10 N–H and O–H groups in total. The first-order chi connectivity index (χ1) is 20.2. The maximum Gasteiger partial charge on any atom is 0.340 e. The second-order valence-electron chi connectivity index (χ2n) is 9.65. The molecule has 0 saturated carbocycles. The Morgan fingerprint density at radius 2 is 1.60 bits per heavy atom. The Hall–Kier alpha value is -2.49. The Labute approximate surface area is 244 Å². The smallest absolute Gasteiger partial charge is 0.340 e. The molecule has 10 atom stereocenters. The molecular formula is C20H27N7O13P2S. The molecule has 23 heteroatoms. The van der Waals surface area contributed by atoms with Crippen LogP contribution < -0.4 is 11.5 Å². The summed E-state index contributed by atoms with van der Waals surface area (Å²) in [6.45, 7) is -1.55. The van der Waals surface area contributed by atoms with Crippen LogP contribution in [-0.2, 0) is 27.7 Å². The van der Waals surface area contributed by atoms with Gasteiger partial charge in [0.2, 0.25) is 0 Å². The van der Waals surface area contributed by atoms with Crippen LogP contribution >= 0.6 is 26.5 Å². The zero-order valence-electron chi connectivity index (χ0n) is 21.7. The Balaban J connectivity index is 1.15. The lowest BCUT2D eigenvalue weighted by Crippen LogP contribution is -2.33. The summed E-state index contributed by atoms with van der Waals surface area (Å²) < 4.78 is 47.4. The van der Waals surface area contributed by atoms with E-state index in [2.05, 4.69) is 19.9 Å². The minimum absolute atomic E-state index is 0.0665. The summed E-state index contributed by atoms with van der Waals surface area (Å²) in [6, 6.07) is 0. The zero-order chi connectivity index (χ0) is 31.3. The second-order valence-corrected chi connectivity index (χ2v) is 14.7. The molecule has 20 nitrogen and oxygen atoms in total. The summed E-state index contributed by atoms with van der Waals surface area (Å²) in [5.74, 6) is -2.14. The molecule has 1 amide bonds. The minimum atomic E-state index is -4.87. The van der Waals surface area contributed by atoms with Gasteiger partial charge in [0.25, 0.3) is 5.91 Å². The molecule has 2 aliphatic heterocycles. The van der Waals surface area contributed by atoms with Gasteiger partial charge in [-0.1, -0.05) is 0 Å². The predicted octanol–water partition coefficient (Wildman–Crippen LogP) is -2.19. The summed E-state index contributed by atoms with van der Waals surface area (Å²) >= 11 is 0.932. The number of nitrogen functional groups attached to an aromatic ring is 1. The number of nitrogens with two attached hydrogens (primary N) is 2. The molecule has 2 aliphatic rings. The number of carbonyl (C=O) groups excluding carboxylic acids is 1. The van der Waals surface area contributed by atoms with E-state index in [4.69, 9.17) is 30.0 Å². The van der Waals surface area contributed by atoms with Crippen molar-refractivity contribution in [3.8, 4) is 0 Å². The largest absolute Gasteiger partial charge is 0.387 e. The first-order valence-electron chi connectivity index (χ1n) is 12.3. The number of rotatable bonds is 11. The lowest BCUT2D eigenvalue weighted by Gasteiger charge is -2.21. The average Bonchev–Trinajstić information content (AvgIpc) is 3.70. The molecule has 43 heavy (non-hydrogen) atoms. The molecule has 2 saturated heterocycles. The summed E-state index contributed by atoms with van der Waals surface area (Å²) in [6.07, 6.45) is -9.01. The highest BCUT2D eigenvalue weighted by molar-refractivity contribution is 7.70. The van der Waals surface area contributed by atoms with Gasteiger partial charge >= 0.3 is 15.2 Å². The standard InChI is InChI=1S/C20H27N7O13P2S/c21-16-10-18(24-4-23-16)27(5-25-10)20-14(31)12(29)9(40-20)2-38-42(35,36)6-41(33,34)37-1-8-11(28)13(30)15(39-8)19-26-7(3-43-19)17(22)32/h3-5,8-9,11-15,20,28-31H,1-2,6H2,(H2,22,32)(H,33,34)(H,35,36)(H2,21,23,24)/t8-,9+,11-,12-,13-,14-,15-,20+/m1/s1. The molecule has 0 radical (unpaired) electrons. The monoisotopic (exact) mass is 667 g/mol. The molecule has 2 fully saturated rings. The van der Waals surface area contributed by atoms with Crippen LogP contribution in [0.5, 0.6) is 0 Å². The number of imidazole rings is 1. The van der Waals surface area contributed by atoms with Crippen molar-refractivity contribution < 1.29 is 62.7 Å². The fourth-order valence-electron chi connectivity index (χ4n) is 4.46. The Morgan fingerprint density at radius 1 is 0.977 bits per heavy atom. The van der Waals surface area contributed by atoms with Crippen LogP contribution in [0.1, 0.15) is 27.8 Å². The molecule has 3 aromatic heterocycles. The van der Waals surface area contributed by atoms with E-state index in [0.29, 0.717) is 0 Å². The first kappa shape index (κ1) is 31.9. The molecule has 0 bridgehead atoms. The highest BCUT2D eigenvalue weighted by Gasteiger charge is 2.48. The number of hydrogen-bond donors (Lipinski definition) is 8. The van der Waals surface area contributed by atoms with Gasteiger partial charge in [-0.05, 0) is 0 Å². The topological polar surface area (TPSA) is 318 Å². The number of ether oxygens (including phenoxy) is 2. The van der Waals surface area contributed by atoms with Crippen molar-refractivity contribution in [1.82, 2.24) is 24.5 Å². The molecule has 0 aliphatic carbocycles. The number of hydrogen-bond acceptors (Lipinski definition) is 17. The van der Waals surface area contributed by atoms with Gasteiger partial charge in [-0.15, -0.1) is 11.3 Å². The van der Waals surface area contributed by atoms with Crippen LogP contribution in [0, 0.1) is 0 Å². The van der Waals surface area contributed by atoms with Gasteiger partial charge in [-0.3, -0.25) is 18.5 Å². The summed E-state index contributed by atoms with van der Waals surface area (Å²) in [4.78, 5) is 47.5. The summed E-state index contributed by atoms with van der Waals surface area (Å²) in [7, 11) is -9.73. The van der Waals surface area contributed by atoms with Gasteiger partial charge in [0, 0.05) is 5.38 Å². The number of aliphatic hydroxyl groups is 4. The van der Waals surface area contributed by atoms with E-state index in [0.717, 1.165) is 17.7 Å². The van der Waals surface area contributed by atoms with Gasteiger partial charge < -0.3 is 60.2 Å². The van der Waals surface area contributed by atoms with E-state index in [-0.39, 0.29) is 27.7 Å². The van der Waals surface area contributed by atoms with Crippen LogP contribution in [0.4, 0.5) is 5.82 Å². The number of primary amides is 1. The van der Waals surface area contributed by atoms with Gasteiger partial charge in [0.15, 0.2) is 23.6 Å². The number of thiazole rings is 1.